The first kappa shape index (κ1) is 20.4. The van der Waals surface area contributed by atoms with Crippen molar-refractivity contribution >= 4 is 44.2 Å². The number of carbonyl (C=O) groups excluding carboxylic acids is 1. The van der Waals surface area contributed by atoms with Crippen LogP contribution in [0.4, 0.5) is 5.13 Å². The van der Waals surface area contributed by atoms with Crippen LogP contribution in [0.1, 0.15) is 17.0 Å². The zero-order chi connectivity index (χ0) is 21.3. The van der Waals surface area contributed by atoms with Crippen LogP contribution in [0.2, 0.25) is 5.02 Å². The fourth-order valence-corrected chi connectivity index (χ4v) is 4.57. The maximum Gasteiger partial charge on any atom is 0.250 e. The summed E-state index contributed by atoms with van der Waals surface area (Å²) in [7, 11) is 1.59. The van der Waals surface area contributed by atoms with Gasteiger partial charge >= 0.3 is 0 Å². The molecule has 0 saturated heterocycles. The predicted octanol–water partition coefficient (Wildman–Crippen LogP) is 5.01. The van der Waals surface area contributed by atoms with Gasteiger partial charge in [-0.1, -0.05) is 53.3 Å². The molecule has 30 heavy (non-hydrogen) atoms. The van der Waals surface area contributed by atoms with Crippen LogP contribution in [-0.4, -0.2) is 27.8 Å². The number of amides is 1. The second-order valence-corrected chi connectivity index (χ2v) is 8.36. The largest absolute Gasteiger partial charge is 0.494 e. The van der Waals surface area contributed by atoms with Crippen molar-refractivity contribution in [1.82, 2.24) is 14.8 Å². The van der Waals surface area contributed by atoms with Crippen molar-refractivity contribution in [3.63, 3.8) is 0 Å². The van der Waals surface area contributed by atoms with Gasteiger partial charge in [-0.15, -0.1) is 0 Å². The number of aromatic nitrogens is 3. The fraction of sp³-hybridized carbons (Fsp3) is 0.227. The molecule has 0 unspecified atom stereocenters. The number of rotatable bonds is 6. The molecule has 4 rings (SSSR count). The molecule has 4 aromatic rings. The highest BCUT2D eigenvalue weighted by atomic mass is 35.5. The minimum atomic E-state index is -0.0980. The summed E-state index contributed by atoms with van der Waals surface area (Å²) in [5.41, 5.74) is 3.49. The van der Waals surface area contributed by atoms with Crippen LogP contribution >= 0.6 is 22.9 Å². The van der Waals surface area contributed by atoms with Crippen molar-refractivity contribution in [3.05, 3.63) is 70.5 Å². The molecule has 0 aliphatic carbocycles. The number of carbonyl (C=O) groups is 1. The Morgan fingerprint density at radius 2 is 1.97 bits per heavy atom. The molecule has 0 radical (unpaired) electrons. The summed E-state index contributed by atoms with van der Waals surface area (Å²) in [6.45, 7) is 4.39. The van der Waals surface area contributed by atoms with Crippen molar-refractivity contribution in [2.24, 2.45) is 0 Å². The fourth-order valence-electron chi connectivity index (χ4n) is 3.30. The van der Waals surface area contributed by atoms with Gasteiger partial charge in [0.2, 0.25) is 0 Å². The van der Waals surface area contributed by atoms with Gasteiger partial charge in [-0.3, -0.25) is 14.4 Å². The summed E-state index contributed by atoms with van der Waals surface area (Å²) < 4.78 is 7.95. The molecule has 0 bridgehead atoms. The summed E-state index contributed by atoms with van der Waals surface area (Å²) in [5.74, 6) is 0.529. The van der Waals surface area contributed by atoms with E-state index in [1.54, 1.807) is 28.8 Å². The number of fused-ring (bicyclic) bond motifs is 1. The van der Waals surface area contributed by atoms with Gasteiger partial charge < -0.3 is 4.74 Å². The second-order valence-electron chi connectivity index (χ2n) is 6.97. The molecule has 2 heterocycles. The number of benzene rings is 2. The van der Waals surface area contributed by atoms with Gasteiger partial charge in [-0.2, -0.15) is 5.10 Å². The average molecular weight is 441 g/mol. The molecule has 8 heteroatoms. The number of nitrogens with zero attached hydrogens (tertiary/aromatic N) is 4. The van der Waals surface area contributed by atoms with E-state index in [9.17, 15) is 4.79 Å². The van der Waals surface area contributed by atoms with E-state index < -0.39 is 0 Å². The molecule has 0 aliphatic rings. The average Bonchev–Trinajstić information content (AvgIpc) is 3.31. The topological polar surface area (TPSA) is 60.2 Å². The smallest absolute Gasteiger partial charge is 0.250 e. The summed E-state index contributed by atoms with van der Waals surface area (Å²) in [4.78, 5) is 19.8. The van der Waals surface area contributed by atoms with Crippen LogP contribution in [0.15, 0.2) is 48.5 Å². The number of hydrogen-bond donors (Lipinski definition) is 0. The first-order valence-corrected chi connectivity index (χ1v) is 10.6. The molecule has 0 spiro atoms. The van der Waals surface area contributed by atoms with E-state index >= 15 is 0 Å². The molecular weight excluding hydrogens is 420 g/mol. The third-order valence-electron chi connectivity index (χ3n) is 4.77. The highest BCUT2D eigenvalue weighted by Crippen LogP contribution is 2.39. The monoisotopic (exact) mass is 440 g/mol. The first-order valence-electron chi connectivity index (χ1n) is 9.44. The number of aryl methyl sites for hydroxylation is 2. The first-order chi connectivity index (χ1) is 14.5. The maximum absolute atomic E-state index is 13.4. The number of halogens is 1. The molecule has 6 nitrogen and oxygen atoms in total. The number of ether oxygens (including phenoxy) is 1. The van der Waals surface area contributed by atoms with Crippen LogP contribution in [-0.2, 0) is 17.9 Å². The number of anilines is 1. The molecule has 154 valence electrons. The SMILES string of the molecule is COc1ccc(Cl)c2sc(N(Cc3ccccc3)C(=O)Cn3nc(C)cc3C)nc12. The molecule has 0 aliphatic heterocycles. The third kappa shape index (κ3) is 4.04. The molecule has 2 aromatic heterocycles. The van der Waals surface area contributed by atoms with Crippen molar-refractivity contribution in [1.29, 1.82) is 0 Å². The Labute approximate surface area is 183 Å². The summed E-state index contributed by atoms with van der Waals surface area (Å²) in [5, 5.41) is 5.59. The van der Waals surface area contributed by atoms with Gasteiger partial charge in [0, 0.05) is 5.69 Å². The van der Waals surface area contributed by atoms with E-state index in [0.29, 0.717) is 28.0 Å². The lowest BCUT2D eigenvalue weighted by molar-refractivity contribution is -0.119. The number of methoxy groups -OCH3 is 1. The second kappa shape index (κ2) is 8.45. The molecular formula is C22H21ClN4O2S. The van der Waals surface area contributed by atoms with Gasteiger partial charge in [0.1, 0.15) is 17.8 Å². The number of hydrogen-bond acceptors (Lipinski definition) is 5. The molecule has 0 fully saturated rings. The van der Waals surface area contributed by atoms with Gasteiger partial charge in [-0.05, 0) is 37.6 Å². The Bertz CT molecular complexity index is 1200. The zero-order valence-corrected chi connectivity index (χ0v) is 18.5. The van der Waals surface area contributed by atoms with Gasteiger partial charge in [0.05, 0.1) is 29.1 Å². The van der Waals surface area contributed by atoms with Crippen molar-refractivity contribution < 1.29 is 9.53 Å². The molecule has 0 atom stereocenters. The van der Waals surface area contributed by atoms with Gasteiger partial charge in [0.15, 0.2) is 5.13 Å². The Balaban J connectivity index is 1.75. The lowest BCUT2D eigenvalue weighted by Gasteiger charge is -2.20. The molecule has 2 aromatic carbocycles. The molecule has 0 N–H and O–H groups in total. The highest BCUT2D eigenvalue weighted by Gasteiger charge is 2.23. The lowest BCUT2D eigenvalue weighted by Crippen LogP contribution is -2.34. The number of thiazole rings is 1. The summed E-state index contributed by atoms with van der Waals surface area (Å²) in [6, 6.07) is 15.4. The van der Waals surface area contributed by atoms with E-state index in [1.807, 2.05) is 50.2 Å². The highest BCUT2D eigenvalue weighted by molar-refractivity contribution is 7.23. The third-order valence-corrected chi connectivity index (χ3v) is 6.31. The van der Waals surface area contributed by atoms with Crippen LogP contribution in [0.25, 0.3) is 10.2 Å². The molecule has 0 saturated carbocycles. The van der Waals surface area contributed by atoms with Crippen molar-refractivity contribution in [3.8, 4) is 5.75 Å². The lowest BCUT2D eigenvalue weighted by atomic mass is 10.2. The minimum absolute atomic E-state index is 0.0980. The molecule has 1 amide bonds. The van der Waals surface area contributed by atoms with Crippen LogP contribution in [0, 0.1) is 13.8 Å². The van der Waals surface area contributed by atoms with E-state index in [1.165, 1.54) is 11.3 Å². The van der Waals surface area contributed by atoms with E-state index in [0.717, 1.165) is 21.7 Å². The van der Waals surface area contributed by atoms with Crippen LogP contribution in [0.5, 0.6) is 5.75 Å². The van der Waals surface area contributed by atoms with Crippen molar-refractivity contribution in [2.45, 2.75) is 26.9 Å². The van der Waals surface area contributed by atoms with E-state index in [2.05, 4.69) is 5.10 Å². The maximum atomic E-state index is 13.4. The van der Waals surface area contributed by atoms with Crippen LogP contribution < -0.4 is 9.64 Å². The van der Waals surface area contributed by atoms with Crippen LogP contribution in [0.3, 0.4) is 0 Å². The quantitative estimate of drug-likeness (QED) is 0.423. The minimum Gasteiger partial charge on any atom is -0.494 e. The Kier molecular flexibility index (Phi) is 5.74. The predicted molar refractivity (Wildman–Crippen MR) is 121 cm³/mol. The standard InChI is InChI=1S/C22H21ClN4O2S/c1-14-11-15(2)27(25-14)13-19(28)26(12-16-7-5-4-6-8-16)22-24-20-18(29-3)10-9-17(23)21(20)30-22/h4-11H,12-13H2,1-3H3. The van der Waals surface area contributed by atoms with Gasteiger partial charge in [-0.25, -0.2) is 4.98 Å². The Morgan fingerprint density at radius 1 is 1.20 bits per heavy atom. The Morgan fingerprint density at radius 3 is 2.63 bits per heavy atom. The zero-order valence-electron chi connectivity index (χ0n) is 16.9. The van der Waals surface area contributed by atoms with E-state index in [-0.39, 0.29) is 12.5 Å². The summed E-state index contributed by atoms with van der Waals surface area (Å²) in [6.07, 6.45) is 0. The normalized spacial score (nSPS) is 11.1. The Hall–Kier alpha value is -2.90. The van der Waals surface area contributed by atoms with Crippen molar-refractivity contribution in [2.75, 3.05) is 12.0 Å². The summed E-state index contributed by atoms with van der Waals surface area (Å²) >= 11 is 7.78. The van der Waals surface area contributed by atoms with E-state index in [4.69, 9.17) is 21.3 Å². The van der Waals surface area contributed by atoms with Gasteiger partial charge in [0.25, 0.3) is 5.91 Å².